The van der Waals surface area contributed by atoms with Gasteiger partial charge in [-0.25, -0.2) is 0 Å². The third-order valence-electron chi connectivity index (χ3n) is 18.7. The number of benzene rings is 4. The Kier molecular flexibility index (Phi) is 45.7. The normalized spacial score (nSPS) is 11.8. The quantitative estimate of drug-likeness (QED) is 0.0179. The molecule has 0 aromatic heterocycles. The molecular formula is C77H130BNO2S. The average Bonchev–Trinajstić information content (AvgIpc) is 3.50. The summed E-state index contributed by atoms with van der Waals surface area (Å²) in [5, 5.41) is 25.4. The minimum Gasteiger partial charge on any atom is -0.423 e. The highest BCUT2D eigenvalue weighted by Crippen LogP contribution is 2.35. The van der Waals surface area contributed by atoms with Gasteiger partial charge in [-0.3, -0.25) is 4.90 Å². The predicted octanol–water partition coefficient (Wildman–Crippen LogP) is 24.1. The summed E-state index contributed by atoms with van der Waals surface area (Å²) in [5.74, 6) is 1.07. The lowest BCUT2D eigenvalue weighted by molar-refractivity contribution is 0.321. The van der Waals surface area contributed by atoms with Crippen molar-refractivity contribution in [2.75, 3.05) is 12.8 Å². The van der Waals surface area contributed by atoms with E-state index in [1.807, 2.05) is 24.3 Å². The van der Waals surface area contributed by atoms with Crippen molar-refractivity contribution < 1.29 is 10.0 Å². The van der Waals surface area contributed by atoms with Crippen LogP contribution in [-0.2, 0) is 19.5 Å². The molecule has 464 valence electrons. The minimum absolute atomic E-state index is 0.581. The Morgan fingerprint density at radius 3 is 0.756 bits per heavy atom. The van der Waals surface area contributed by atoms with Crippen LogP contribution in [0.5, 0.6) is 0 Å². The third kappa shape index (κ3) is 35.4. The molecule has 0 radical (unpaired) electrons. The van der Waals surface area contributed by atoms with E-state index < -0.39 is 7.12 Å². The van der Waals surface area contributed by atoms with Gasteiger partial charge in [-0.05, 0) is 75.8 Å². The minimum atomic E-state index is -1.46. The average molecular weight is 1140 g/mol. The highest BCUT2D eigenvalue weighted by molar-refractivity contribution is 7.80. The van der Waals surface area contributed by atoms with Crippen LogP contribution in [0.2, 0.25) is 0 Å². The topological polar surface area (TPSA) is 43.7 Å². The largest absolute Gasteiger partial charge is 0.488 e. The van der Waals surface area contributed by atoms with E-state index in [0.717, 1.165) is 24.3 Å². The maximum atomic E-state index is 9.95. The molecule has 0 atom stereocenters. The summed E-state index contributed by atoms with van der Waals surface area (Å²) >= 11 is 4.31. The van der Waals surface area contributed by atoms with E-state index in [1.54, 1.807) is 0 Å². The van der Waals surface area contributed by atoms with Gasteiger partial charge >= 0.3 is 7.12 Å². The van der Waals surface area contributed by atoms with Gasteiger partial charge in [0.25, 0.3) is 0 Å². The fourth-order valence-corrected chi connectivity index (χ4v) is 13.8. The Labute approximate surface area is 514 Å². The Morgan fingerprint density at radius 1 is 0.280 bits per heavy atom. The van der Waals surface area contributed by atoms with Crippen molar-refractivity contribution in [3.05, 3.63) is 89.5 Å². The van der Waals surface area contributed by atoms with Gasteiger partial charge in [-0.1, -0.05) is 394 Å². The number of fused-ring (bicyclic) bond motifs is 2. The van der Waals surface area contributed by atoms with Crippen molar-refractivity contribution in [2.24, 2.45) is 0 Å². The van der Waals surface area contributed by atoms with Crippen LogP contribution in [0.4, 0.5) is 0 Å². The number of nitrogens with zero attached hydrogens (tertiary/aromatic N) is 1. The second kappa shape index (κ2) is 51.9. The van der Waals surface area contributed by atoms with E-state index in [2.05, 4.69) is 73.1 Å². The summed E-state index contributed by atoms with van der Waals surface area (Å²) < 4.78 is 0. The van der Waals surface area contributed by atoms with E-state index in [0.29, 0.717) is 12.0 Å². The molecule has 0 fully saturated rings. The molecule has 0 aliphatic carbocycles. The molecule has 82 heavy (non-hydrogen) atoms. The van der Waals surface area contributed by atoms with Crippen LogP contribution < -0.4 is 5.46 Å². The Morgan fingerprint density at radius 2 is 0.500 bits per heavy atom. The molecule has 0 heterocycles. The molecule has 4 aromatic rings. The summed E-state index contributed by atoms with van der Waals surface area (Å²) in [5.41, 5.74) is 4.39. The number of aryl methyl sites for hydroxylation is 1. The van der Waals surface area contributed by atoms with Crippen molar-refractivity contribution in [1.82, 2.24) is 4.90 Å². The van der Waals surface area contributed by atoms with Gasteiger partial charge in [0.15, 0.2) is 0 Å². The molecule has 3 nitrogen and oxygen atoms in total. The first-order valence-corrected chi connectivity index (χ1v) is 36.9. The lowest BCUT2D eigenvalue weighted by Gasteiger charge is -2.23. The highest BCUT2D eigenvalue weighted by Gasteiger charge is 2.19. The molecular weight excluding hydrogens is 1010 g/mol. The van der Waals surface area contributed by atoms with Gasteiger partial charge in [-0.15, -0.1) is 0 Å². The fraction of sp³-hybridized carbons (Fsp3) is 0.740. The second-order valence-electron chi connectivity index (χ2n) is 26.2. The molecule has 0 unspecified atom stereocenters. The monoisotopic (exact) mass is 1140 g/mol. The van der Waals surface area contributed by atoms with Gasteiger partial charge in [0, 0.05) is 13.1 Å². The van der Waals surface area contributed by atoms with Gasteiger partial charge in [0.1, 0.15) is 0 Å². The number of thiol groups is 1. The molecule has 0 aliphatic rings. The number of hydrogen-bond donors (Lipinski definition) is 3. The first-order valence-electron chi connectivity index (χ1n) is 36.2. The lowest BCUT2D eigenvalue weighted by Crippen LogP contribution is -2.35. The molecule has 0 spiro atoms. The van der Waals surface area contributed by atoms with Crippen molar-refractivity contribution in [3.63, 3.8) is 0 Å². The zero-order chi connectivity index (χ0) is 57.9. The van der Waals surface area contributed by atoms with Crippen LogP contribution in [-0.4, -0.2) is 34.9 Å². The zero-order valence-corrected chi connectivity index (χ0v) is 54.8. The molecule has 0 amide bonds. The SMILES string of the molecule is CN(Cc1ccccc1B(O)O)Cc1c2ccccc2c(CCCCCCCCCCCCCCCCCCCCCCCCCCCCCCCCCCCCCCCCCCCCCCCCCCCCCCS)c2ccccc12. The van der Waals surface area contributed by atoms with Crippen LogP contribution in [0.15, 0.2) is 72.8 Å². The van der Waals surface area contributed by atoms with Crippen LogP contribution in [0.25, 0.3) is 21.5 Å². The first kappa shape index (κ1) is 72.2. The van der Waals surface area contributed by atoms with Crippen LogP contribution in [0.3, 0.4) is 0 Å². The molecule has 0 bridgehead atoms. The summed E-state index contributed by atoms with van der Waals surface area (Å²) in [6.45, 7) is 1.44. The summed E-state index contributed by atoms with van der Waals surface area (Å²) in [7, 11) is 0.670. The standard InChI is InChI=1S/C77H130BNO2S/c1-79(68-70-60-53-58-66-77(70)78(80)81)69-76-74-64-56-54-62-72(74)71(73-63-55-57-65-75(73)76)61-52-50-48-46-44-42-40-38-36-34-32-30-28-26-24-22-20-18-16-14-12-10-8-6-4-2-3-5-7-9-11-13-15-17-19-21-23-25-27-29-31-33-35-37-39-41-43-45-47-49-51-59-67-82/h53-58,60,62-66,80-82H,2-52,59,61,67-69H2,1H3. The van der Waals surface area contributed by atoms with Gasteiger partial charge in [0.05, 0.1) is 0 Å². The molecule has 0 saturated carbocycles. The Balaban J connectivity index is 0.809. The lowest BCUT2D eigenvalue weighted by atomic mass is 9.77. The van der Waals surface area contributed by atoms with E-state index >= 15 is 0 Å². The molecule has 2 N–H and O–H groups in total. The van der Waals surface area contributed by atoms with Gasteiger partial charge in [0.2, 0.25) is 0 Å². The number of hydrogen-bond acceptors (Lipinski definition) is 4. The van der Waals surface area contributed by atoms with Crippen LogP contribution in [0, 0.1) is 0 Å². The van der Waals surface area contributed by atoms with E-state index in [4.69, 9.17) is 0 Å². The third-order valence-corrected chi connectivity index (χ3v) is 19.0. The summed E-state index contributed by atoms with van der Waals surface area (Å²) in [4.78, 5) is 2.30. The predicted molar refractivity (Wildman–Crippen MR) is 371 cm³/mol. The summed E-state index contributed by atoms with van der Waals surface area (Å²) in [6, 6.07) is 25.6. The van der Waals surface area contributed by atoms with Crippen LogP contribution >= 0.6 is 12.6 Å². The number of rotatable bonds is 59. The Bertz CT molecular complexity index is 2000. The Hall–Kier alpha value is -2.31. The van der Waals surface area contributed by atoms with Crippen molar-refractivity contribution in [1.29, 1.82) is 0 Å². The number of unbranched alkanes of at least 4 members (excludes halogenated alkanes) is 51. The maximum Gasteiger partial charge on any atom is 0.488 e. The first-order chi connectivity index (χ1) is 40.6. The molecule has 4 rings (SSSR count). The van der Waals surface area contributed by atoms with Gasteiger partial charge in [-0.2, -0.15) is 12.6 Å². The smallest absolute Gasteiger partial charge is 0.423 e. The summed E-state index contributed by atoms with van der Waals surface area (Å²) in [6.07, 6.45) is 76.7. The second-order valence-corrected chi connectivity index (χ2v) is 26.6. The zero-order valence-electron chi connectivity index (χ0n) is 53.9. The van der Waals surface area contributed by atoms with E-state index in [9.17, 15) is 10.0 Å². The molecule has 5 heteroatoms. The van der Waals surface area contributed by atoms with Crippen LogP contribution in [0.1, 0.15) is 351 Å². The molecule has 0 saturated heterocycles. The van der Waals surface area contributed by atoms with Gasteiger partial charge < -0.3 is 10.0 Å². The molecule has 4 aromatic carbocycles. The van der Waals surface area contributed by atoms with E-state index in [-0.39, 0.29) is 0 Å². The highest BCUT2D eigenvalue weighted by atomic mass is 32.1. The van der Waals surface area contributed by atoms with Crippen molar-refractivity contribution >= 4 is 46.8 Å². The fourth-order valence-electron chi connectivity index (χ4n) is 13.5. The van der Waals surface area contributed by atoms with Crippen molar-refractivity contribution in [2.45, 2.75) is 353 Å². The van der Waals surface area contributed by atoms with Crippen molar-refractivity contribution in [3.8, 4) is 0 Å². The molecule has 0 aliphatic heterocycles. The van der Waals surface area contributed by atoms with E-state index in [1.165, 1.54) is 367 Å². The maximum absolute atomic E-state index is 9.95.